The van der Waals surface area contributed by atoms with Crippen molar-refractivity contribution in [3.63, 3.8) is 0 Å². The summed E-state index contributed by atoms with van der Waals surface area (Å²) >= 11 is 0. The third kappa shape index (κ3) is 5.24. The Bertz CT molecular complexity index is 295. The zero-order valence-corrected chi connectivity index (χ0v) is 9.02. The van der Waals surface area contributed by atoms with Crippen molar-refractivity contribution in [1.82, 2.24) is 5.32 Å². The average Bonchev–Trinajstić information content (AvgIpc) is 2.13. The molecule has 5 heteroatoms. The molecule has 0 unspecified atom stereocenters. The number of nitrogens with one attached hydrogen (secondary N) is 1. The molecule has 0 spiro atoms. The number of allylic oxidation sites excluding steroid dienone is 2. The second-order valence-corrected chi connectivity index (χ2v) is 5.11. The third-order valence-electron chi connectivity index (χ3n) is 2.22. The van der Waals surface area contributed by atoms with E-state index in [2.05, 4.69) is 11.4 Å². The number of hydrogen-bond donors (Lipinski definition) is 2. The Kier molecular flexibility index (Phi) is 4.41. The van der Waals surface area contributed by atoms with Gasteiger partial charge in [-0.15, -0.1) is 0 Å². The maximum Gasteiger partial charge on any atom is 0.264 e. The highest BCUT2D eigenvalue weighted by Gasteiger charge is 2.05. The molecule has 82 valence electrons. The predicted molar refractivity (Wildman–Crippen MR) is 55.6 cm³/mol. The van der Waals surface area contributed by atoms with E-state index in [1.54, 1.807) is 0 Å². The molecule has 0 aromatic carbocycles. The van der Waals surface area contributed by atoms with E-state index in [0.29, 0.717) is 13.0 Å². The molecule has 0 bridgehead atoms. The first-order valence-corrected chi connectivity index (χ1v) is 6.57. The zero-order chi connectivity index (χ0) is 10.4. The maximum absolute atomic E-state index is 10.4. The maximum atomic E-state index is 10.4. The van der Waals surface area contributed by atoms with Crippen molar-refractivity contribution in [2.24, 2.45) is 0 Å². The summed E-state index contributed by atoms with van der Waals surface area (Å²) in [6, 6.07) is 0. The van der Waals surface area contributed by atoms with E-state index in [1.807, 2.05) is 0 Å². The molecule has 0 saturated heterocycles. The topological polar surface area (TPSA) is 66.4 Å². The Morgan fingerprint density at radius 1 is 1.43 bits per heavy atom. The van der Waals surface area contributed by atoms with Gasteiger partial charge in [0.05, 0.1) is 5.75 Å². The van der Waals surface area contributed by atoms with Gasteiger partial charge in [0.15, 0.2) is 0 Å². The fourth-order valence-electron chi connectivity index (χ4n) is 1.50. The van der Waals surface area contributed by atoms with Gasteiger partial charge in [0.2, 0.25) is 0 Å². The first-order valence-electron chi connectivity index (χ1n) is 4.96. The molecule has 1 rings (SSSR count). The van der Waals surface area contributed by atoms with E-state index in [4.69, 9.17) is 4.55 Å². The van der Waals surface area contributed by atoms with Gasteiger partial charge in [-0.1, -0.05) is 6.08 Å². The molecule has 0 saturated carbocycles. The lowest BCUT2D eigenvalue weighted by atomic mass is 10.1. The highest BCUT2D eigenvalue weighted by molar-refractivity contribution is 7.85. The molecule has 14 heavy (non-hydrogen) atoms. The molecule has 0 aliphatic heterocycles. The Balaban J connectivity index is 2.12. The van der Waals surface area contributed by atoms with Crippen LogP contribution in [0.25, 0.3) is 0 Å². The van der Waals surface area contributed by atoms with E-state index in [-0.39, 0.29) is 5.75 Å². The van der Waals surface area contributed by atoms with Crippen molar-refractivity contribution in [2.45, 2.75) is 32.1 Å². The second-order valence-electron chi connectivity index (χ2n) is 3.54. The summed E-state index contributed by atoms with van der Waals surface area (Å²) in [4.78, 5) is 0. The fraction of sp³-hybridized carbons (Fsp3) is 0.778. The van der Waals surface area contributed by atoms with Gasteiger partial charge in [0.25, 0.3) is 10.1 Å². The molecule has 0 amide bonds. The van der Waals surface area contributed by atoms with Gasteiger partial charge in [0.1, 0.15) is 0 Å². The highest BCUT2D eigenvalue weighted by atomic mass is 32.2. The van der Waals surface area contributed by atoms with Crippen LogP contribution in [0.3, 0.4) is 0 Å². The van der Waals surface area contributed by atoms with E-state index in [9.17, 15) is 8.42 Å². The molecule has 4 nitrogen and oxygen atoms in total. The van der Waals surface area contributed by atoms with Gasteiger partial charge >= 0.3 is 0 Å². The lowest BCUT2D eigenvalue weighted by molar-refractivity contribution is 0.480. The zero-order valence-electron chi connectivity index (χ0n) is 8.20. The van der Waals surface area contributed by atoms with Crippen LogP contribution in [0.15, 0.2) is 11.8 Å². The van der Waals surface area contributed by atoms with Gasteiger partial charge in [0, 0.05) is 12.2 Å². The molecule has 2 N–H and O–H groups in total. The number of hydrogen-bond acceptors (Lipinski definition) is 3. The molecular weight excluding hydrogens is 202 g/mol. The second kappa shape index (κ2) is 5.36. The van der Waals surface area contributed by atoms with Crippen molar-refractivity contribution in [3.8, 4) is 0 Å². The van der Waals surface area contributed by atoms with Crippen LogP contribution in [0, 0.1) is 0 Å². The predicted octanol–water partition coefficient (Wildman–Crippen LogP) is 1.31. The van der Waals surface area contributed by atoms with E-state index >= 15 is 0 Å². The van der Waals surface area contributed by atoms with Crippen molar-refractivity contribution >= 4 is 10.1 Å². The van der Waals surface area contributed by atoms with Crippen LogP contribution >= 0.6 is 0 Å². The van der Waals surface area contributed by atoms with E-state index in [0.717, 1.165) is 12.8 Å². The van der Waals surface area contributed by atoms with Crippen LogP contribution in [0.1, 0.15) is 32.1 Å². The summed E-state index contributed by atoms with van der Waals surface area (Å²) in [5.74, 6) is -0.159. The minimum absolute atomic E-state index is 0.159. The Labute approximate surface area is 85.1 Å². The highest BCUT2D eigenvalue weighted by Crippen LogP contribution is 2.14. The first-order chi connectivity index (χ1) is 6.58. The van der Waals surface area contributed by atoms with E-state index < -0.39 is 10.1 Å². The molecular formula is C9H17NO3S. The van der Waals surface area contributed by atoms with Crippen molar-refractivity contribution in [2.75, 3.05) is 12.3 Å². The molecule has 0 fully saturated rings. The van der Waals surface area contributed by atoms with Crippen molar-refractivity contribution in [3.05, 3.63) is 11.8 Å². The summed E-state index contributed by atoms with van der Waals surface area (Å²) in [7, 11) is -3.79. The minimum Gasteiger partial charge on any atom is -0.389 e. The summed E-state index contributed by atoms with van der Waals surface area (Å²) in [6.45, 7) is 0.617. The largest absolute Gasteiger partial charge is 0.389 e. The standard InChI is InChI=1S/C9H17NO3S/c11-14(12,13)8-4-7-10-9-5-2-1-3-6-9/h5,10H,1-4,6-8H2,(H,11,12,13). The Hall–Kier alpha value is -0.550. The van der Waals surface area contributed by atoms with Crippen LogP contribution in [-0.4, -0.2) is 25.3 Å². The van der Waals surface area contributed by atoms with E-state index in [1.165, 1.54) is 18.5 Å². The fourth-order valence-corrected chi connectivity index (χ4v) is 2.01. The van der Waals surface area contributed by atoms with Gasteiger partial charge < -0.3 is 5.32 Å². The SMILES string of the molecule is O=S(=O)(O)CCCNC1=CCCCC1. The molecule has 0 aromatic heterocycles. The summed E-state index contributed by atoms with van der Waals surface area (Å²) in [6.07, 6.45) is 7.24. The number of rotatable bonds is 5. The van der Waals surface area contributed by atoms with Gasteiger partial charge in [-0.2, -0.15) is 8.42 Å². The Morgan fingerprint density at radius 2 is 2.21 bits per heavy atom. The van der Waals surface area contributed by atoms with Crippen molar-refractivity contribution < 1.29 is 13.0 Å². The summed E-state index contributed by atoms with van der Waals surface area (Å²) < 4.78 is 29.3. The molecule has 1 aliphatic rings. The molecule has 1 aliphatic carbocycles. The smallest absolute Gasteiger partial charge is 0.264 e. The van der Waals surface area contributed by atoms with Crippen LogP contribution in [0.5, 0.6) is 0 Å². The first kappa shape index (κ1) is 11.5. The summed E-state index contributed by atoms with van der Waals surface area (Å²) in [5.41, 5.74) is 1.21. The van der Waals surface area contributed by atoms with Gasteiger partial charge in [-0.3, -0.25) is 4.55 Å². The summed E-state index contributed by atoms with van der Waals surface area (Å²) in [5, 5.41) is 3.18. The average molecular weight is 219 g/mol. The lowest BCUT2D eigenvalue weighted by Gasteiger charge is -2.14. The van der Waals surface area contributed by atoms with Gasteiger partial charge in [-0.05, 0) is 32.1 Å². The molecule has 0 radical (unpaired) electrons. The van der Waals surface area contributed by atoms with Crippen LogP contribution in [0.4, 0.5) is 0 Å². The van der Waals surface area contributed by atoms with Gasteiger partial charge in [-0.25, -0.2) is 0 Å². The lowest BCUT2D eigenvalue weighted by Crippen LogP contribution is -2.19. The monoisotopic (exact) mass is 219 g/mol. The molecule has 0 heterocycles. The molecule has 0 atom stereocenters. The minimum atomic E-state index is -3.79. The third-order valence-corrected chi connectivity index (χ3v) is 3.03. The normalized spacial score (nSPS) is 17.6. The van der Waals surface area contributed by atoms with Crippen LogP contribution in [0.2, 0.25) is 0 Å². The van der Waals surface area contributed by atoms with Crippen LogP contribution < -0.4 is 5.32 Å². The molecule has 0 aromatic rings. The quantitative estimate of drug-likeness (QED) is 0.540. The van der Waals surface area contributed by atoms with Crippen LogP contribution in [-0.2, 0) is 10.1 Å². The van der Waals surface area contributed by atoms with Crippen molar-refractivity contribution in [1.29, 1.82) is 0 Å². The Morgan fingerprint density at radius 3 is 2.79 bits per heavy atom.